The van der Waals surface area contributed by atoms with E-state index in [-0.39, 0.29) is 0 Å². The van der Waals surface area contributed by atoms with E-state index in [0.29, 0.717) is 32.8 Å². The lowest BCUT2D eigenvalue weighted by Gasteiger charge is -2.15. The number of ether oxygens (including phenoxy) is 4. The second-order valence-electron chi connectivity index (χ2n) is 4.57. The average Bonchev–Trinajstić information content (AvgIpc) is 2.51. The van der Waals surface area contributed by atoms with Crippen LogP contribution in [0.4, 0.5) is 0 Å². The Morgan fingerprint density at radius 3 is 1.64 bits per heavy atom. The van der Waals surface area contributed by atoms with E-state index in [4.69, 9.17) is 18.9 Å². The molecule has 0 fully saturated rings. The van der Waals surface area contributed by atoms with E-state index < -0.39 is 0 Å². The molecule has 0 saturated heterocycles. The summed E-state index contributed by atoms with van der Waals surface area (Å²) in [5, 5.41) is 0. The van der Waals surface area contributed by atoms with Gasteiger partial charge in [0, 0.05) is 23.1 Å². The molecule has 2 rings (SSSR count). The molecular formula is C16H18O4S2. The van der Waals surface area contributed by atoms with Crippen LogP contribution < -0.4 is 18.9 Å². The van der Waals surface area contributed by atoms with Gasteiger partial charge < -0.3 is 18.9 Å². The fourth-order valence-electron chi connectivity index (χ4n) is 2.01. The lowest BCUT2D eigenvalue weighted by atomic mass is 10.2. The minimum atomic E-state index is 0.544. The second-order valence-corrected chi connectivity index (χ2v) is 5.53. The monoisotopic (exact) mass is 338 g/mol. The largest absolute Gasteiger partial charge is 0.496 e. The lowest BCUT2D eigenvalue weighted by molar-refractivity contribution is 0.349. The van der Waals surface area contributed by atoms with Gasteiger partial charge in [-0.05, 0) is 18.6 Å². The van der Waals surface area contributed by atoms with Gasteiger partial charge in [0.2, 0.25) is 0 Å². The van der Waals surface area contributed by atoms with Crippen LogP contribution in [0.2, 0.25) is 0 Å². The Bertz CT molecular complexity index is 686. The zero-order valence-corrected chi connectivity index (χ0v) is 14.6. The Hall–Kier alpha value is -1.66. The minimum absolute atomic E-state index is 0.544. The molecule has 2 aromatic rings. The van der Waals surface area contributed by atoms with Gasteiger partial charge in [-0.15, -0.1) is 25.3 Å². The highest BCUT2D eigenvalue weighted by atomic mass is 32.1. The van der Waals surface area contributed by atoms with Crippen LogP contribution in [-0.2, 0) is 0 Å². The Morgan fingerprint density at radius 1 is 0.636 bits per heavy atom. The van der Waals surface area contributed by atoms with Crippen LogP contribution in [0.5, 0.6) is 28.7 Å². The van der Waals surface area contributed by atoms with Crippen LogP contribution in [0, 0.1) is 6.92 Å². The first-order chi connectivity index (χ1) is 10.5. The Kier molecular flexibility index (Phi) is 5.37. The van der Waals surface area contributed by atoms with Gasteiger partial charge in [-0.2, -0.15) is 0 Å². The van der Waals surface area contributed by atoms with Crippen LogP contribution in [0.25, 0.3) is 0 Å². The second kappa shape index (κ2) is 7.07. The SMILES string of the molecule is COc1cc(Oc2cc(OC)c(OC)cc2S)c(S)cc1C. The summed E-state index contributed by atoms with van der Waals surface area (Å²) in [5.74, 6) is 3.01. The summed E-state index contributed by atoms with van der Waals surface area (Å²) in [6, 6.07) is 7.14. The highest BCUT2D eigenvalue weighted by molar-refractivity contribution is 7.80. The minimum Gasteiger partial charge on any atom is -0.496 e. The number of thiol groups is 2. The van der Waals surface area contributed by atoms with Gasteiger partial charge in [0.05, 0.1) is 26.2 Å². The van der Waals surface area contributed by atoms with Gasteiger partial charge in [0.25, 0.3) is 0 Å². The number of hydrogen-bond acceptors (Lipinski definition) is 6. The van der Waals surface area contributed by atoms with E-state index in [0.717, 1.165) is 11.3 Å². The number of aryl methyl sites for hydroxylation is 1. The summed E-state index contributed by atoms with van der Waals surface area (Å²) in [4.78, 5) is 1.34. The van der Waals surface area contributed by atoms with Gasteiger partial charge in [-0.25, -0.2) is 0 Å². The van der Waals surface area contributed by atoms with Crippen LogP contribution in [0.15, 0.2) is 34.1 Å². The highest BCUT2D eigenvalue weighted by Gasteiger charge is 2.13. The molecule has 6 heteroatoms. The molecule has 2 aromatic carbocycles. The Balaban J connectivity index is 2.43. The molecule has 0 heterocycles. The smallest absolute Gasteiger partial charge is 0.164 e. The normalized spacial score (nSPS) is 10.3. The van der Waals surface area contributed by atoms with Crippen molar-refractivity contribution in [3.63, 3.8) is 0 Å². The van der Waals surface area contributed by atoms with E-state index >= 15 is 0 Å². The molecule has 0 unspecified atom stereocenters. The van der Waals surface area contributed by atoms with Crippen LogP contribution >= 0.6 is 25.3 Å². The molecule has 0 radical (unpaired) electrons. The molecule has 22 heavy (non-hydrogen) atoms. The zero-order chi connectivity index (χ0) is 16.3. The fraction of sp³-hybridized carbons (Fsp3) is 0.250. The number of rotatable bonds is 5. The fourth-order valence-corrected chi connectivity index (χ4v) is 2.54. The lowest BCUT2D eigenvalue weighted by Crippen LogP contribution is -1.95. The van der Waals surface area contributed by atoms with Gasteiger partial charge in [-0.3, -0.25) is 0 Å². The predicted octanol–water partition coefficient (Wildman–Crippen LogP) is 4.39. The molecule has 0 aromatic heterocycles. The maximum atomic E-state index is 5.91. The summed E-state index contributed by atoms with van der Waals surface area (Å²) in [7, 11) is 4.76. The van der Waals surface area contributed by atoms with E-state index in [1.54, 1.807) is 39.5 Å². The molecule has 0 saturated carbocycles. The summed E-state index contributed by atoms with van der Waals surface area (Å²) < 4.78 is 21.7. The zero-order valence-electron chi connectivity index (χ0n) is 12.8. The highest BCUT2D eigenvalue weighted by Crippen LogP contribution is 2.41. The first-order valence-electron chi connectivity index (χ1n) is 6.50. The summed E-state index contributed by atoms with van der Waals surface area (Å²) >= 11 is 8.87. The van der Waals surface area contributed by atoms with Crippen molar-refractivity contribution in [2.24, 2.45) is 0 Å². The third kappa shape index (κ3) is 3.39. The first-order valence-corrected chi connectivity index (χ1v) is 7.40. The van der Waals surface area contributed by atoms with Crippen molar-refractivity contribution in [1.29, 1.82) is 0 Å². The molecule has 0 aliphatic carbocycles. The van der Waals surface area contributed by atoms with Gasteiger partial charge in [0.15, 0.2) is 11.5 Å². The average molecular weight is 338 g/mol. The first kappa shape index (κ1) is 16.7. The molecule has 4 nitrogen and oxygen atoms in total. The third-order valence-corrected chi connectivity index (χ3v) is 3.86. The molecule has 0 atom stereocenters. The molecule has 0 amide bonds. The van der Waals surface area contributed by atoms with E-state index in [1.807, 2.05) is 13.0 Å². The molecule has 0 bridgehead atoms. The third-order valence-electron chi connectivity index (χ3n) is 3.16. The van der Waals surface area contributed by atoms with Gasteiger partial charge in [-0.1, -0.05) is 0 Å². The van der Waals surface area contributed by atoms with Crippen molar-refractivity contribution in [2.75, 3.05) is 21.3 Å². The van der Waals surface area contributed by atoms with Crippen molar-refractivity contribution >= 4 is 25.3 Å². The van der Waals surface area contributed by atoms with Crippen LogP contribution in [0.3, 0.4) is 0 Å². The van der Waals surface area contributed by atoms with Crippen molar-refractivity contribution in [3.05, 3.63) is 29.8 Å². The molecule has 0 spiro atoms. The molecule has 0 N–H and O–H groups in total. The maximum absolute atomic E-state index is 5.91. The molecule has 0 aliphatic rings. The van der Waals surface area contributed by atoms with Crippen molar-refractivity contribution in [1.82, 2.24) is 0 Å². The molecule has 0 aliphatic heterocycles. The van der Waals surface area contributed by atoms with E-state index in [1.165, 1.54) is 0 Å². The van der Waals surface area contributed by atoms with Gasteiger partial charge in [0.1, 0.15) is 17.2 Å². The van der Waals surface area contributed by atoms with Crippen LogP contribution in [-0.4, -0.2) is 21.3 Å². The van der Waals surface area contributed by atoms with E-state index in [9.17, 15) is 0 Å². The Labute approximate surface area is 141 Å². The maximum Gasteiger partial charge on any atom is 0.164 e. The number of methoxy groups -OCH3 is 3. The van der Waals surface area contributed by atoms with Crippen molar-refractivity contribution in [3.8, 4) is 28.7 Å². The van der Waals surface area contributed by atoms with Crippen molar-refractivity contribution in [2.45, 2.75) is 16.7 Å². The predicted molar refractivity (Wildman–Crippen MR) is 91.9 cm³/mol. The number of hydrogen-bond donors (Lipinski definition) is 2. The van der Waals surface area contributed by atoms with Gasteiger partial charge >= 0.3 is 0 Å². The summed E-state index contributed by atoms with van der Waals surface area (Å²) in [6.07, 6.45) is 0. The quantitative estimate of drug-likeness (QED) is 0.793. The topological polar surface area (TPSA) is 36.9 Å². The van der Waals surface area contributed by atoms with E-state index in [2.05, 4.69) is 25.3 Å². The summed E-state index contributed by atoms with van der Waals surface area (Å²) in [5.41, 5.74) is 0.984. The standard InChI is InChI=1S/C16H18O4S2/c1-9-5-15(21)13(6-10(9)17-2)20-14-7-11(18-3)12(19-4)8-16(14)22/h5-8,21-22H,1-4H3. The van der Waals surface area contributed by atoms with Crippen LogP contribution in [0.1, 0.15) is 5.56 Å². The summed E-state index contributed by atoms with van der Waals surface area (Å²) in [6.45, 7) is 1.95. The molecular weight excluding hydrogens is 320 g/mol. The Morgan fingerprint density at radius 2 is 1.09 bits per heavy atom. The molecule has 118 valence electrons. The van der Waals surface area contributed by atoms with Crippen molar-refractivity contribution < 1.29 is 18.9 Å². The number of benzene rings is 2.